The van der Waals surface area contributed by atoms with Crippen LogP contribution in [0.15, 0.2) is 41.9 Å². The largest absolute Gasteiger partial charge is 0.390 e. The van der Waals surface area contributed by atoms with Gasteiger partial charge in [-0.2, -0.15) is 0 Å². The quantitative estimate of drug-likeness (QED) is 0.885. The van der Waals surface area contributed by atoms with Gasteiger partial charge in [0.15, 0.2) is 0 Å². The zero-order valence-corrected chi connectivity index (χ0v) is 10.4. The molecule has 0 aliphatic rings. The maximum atomic E-state index is 10.2. The van der Waals surface area contributed by atoms with Crippen LogP contribution in [-0.2, 0) is 11.2 Å². The van der Waals surface area contributed by atoms with Crippen LogP contribution in [0.3, 0.4) is 0 Å². The Labute approximate surface area is 105 Å². The molecular weight excluding hydrogens is 234 g/mol. The topological polar surface area (TPSA) is 42.4 Å². The Bertz CT molecular complexity index is 430. The van der Waals surface area contributed by atoms with Crippen molar-refractivity contribution in [3.63, 3.8) is 0 Å². The second-order valence-electron chi connectivity index (χ2n) is 3.76. The van der Waals surface area contributed by atoms with E-state index >= 15 is 0 Å². The first-order valence-corrected chi connectivity index (χ1v) is 6.33. The van der Waals surface area contributed by atoms with E-state index in [0.29, 0.717) is 6.42 Å². The lowest BCUT2D eigenvalue weighted by atomic mass is 10.0. The highest BCUT2D eigenvalue weighted by Crippen LogP contribution is 2.23. The minimum absolute atomic E-state index is 0.305. The molecule has 0 saturated carbocycles. The molecule has 17 heavy (non-hydrogen) atoms. The van der Waals surface area contributed by atoms with Gasteiger partial charge in [-0.3, -0.25) is 0 Å². The summed E-state index contributed by atoms with van der Waals surface area (Å²) in [6, 6.07) is 9.75. The van der Waals surface area contributed by atoms with E-state index in [4.69, 9.17) is 4.74 Å². The van der Waals surface area contributed by atoms with Crippen molar-refractivity contribution >= 4 is 11.3 Å². The van der Waals surface area contributed by atoms with Gasteiger partial charge in [0.2, 0.25) is 0 Å². The maximum Gasteiger partial charge on any atom is 0.108 e. The number of hydrogen-bond donors (Lipinski definition) is 1. The molecule has 0 spiro atoms. The summed E-state index contributed by atoms with van der Waals surface area (Å²) in [5.41, 5.74) is 0.985. The predicted molar refractivity (Wildman–Crippen MR) is 68.0 cm³/mol. The van der Waals surface area contributed by atoms with Crippen LogP contribution in [0.5, 0.6) is 0 Å². The molecule has 0 aliphatic heterocycles. The summed E-state index contributed by atoms with van der Waals surface area (Å²) in [5.74, 6) is 0. The number of thiazole rings is 1. The number of ether oxygens (including phenoxy) is 1. The van der Waals surface area contributed by atoms with Crippen molar-refractivity contribution in [1.82, 2.24) is 4.98 Å². The lowest BCUT2D eigenvalue weighted by Crippen LogP contribution is -2.22. The van der Waals surface area contributed by atoms with Crippen LogP contribution in [-0.4, -0.2) is 23.3 Å². The van der Waals surface area contributed by atoms with Crippen molar-refractivity contribution in [3.8, 4) is 0 Å². The first-order valence-electron chi connectivity index (χ1n) is 5.45. The van der Waals surface area contributed by atoms with Crippen molar-refractivity contribution in [1.29, 1.82) is 0 Å². The number of aliphatic hydroxyl groups excluding tert-OH is 1. The molecule has 0 aliphatic carbocycles. The van der Waals surface area contributed by atoms with Crippen molar-refractivity contribution in [3.05, 3.63) is 52.5 Å². The van der Waals surface area contributed by atoms with E-state index in [-0.39, 0.29) is 6.10 Å². The van der Waals surface area contributed by atoms with Crippen molar-refractivity contribution in [2.24, 2.45) is 0 Å². The first kappa shape index (κ1) is 12.2. The molecule has 4 heteroatoms. The Kier molecular flexibility index (Phi) is 4.25. The van der Waals surface area contributed by atoms with Crippen molar-refractivity contribution in [2.75, 3.05) is 7.11 Å². The van der Waals surface area contributed by atoms with Gasteiger partial charge in [-0.25, -0.2) is 4.98 Å². The summed E-state index contributed by atoms with van der Waals surface area (Å²) in [4.78, 5) is 4.17. The smallest absolute Gasteiger partial charge is 0.108 e. The second-order valence-corrected chi connectivity index (χ2v) is 4.74. The van der Waals surface area contributed by atoms with E-state index in [1.807, 2.05) is 35.7 Å². The zero-order valence-electron chi connectivity index (χ0n) is 9.61. The fourth-order valence-electron chi connectivity index (χ4n) is 1.80. The van der Waals surface area contributed by atoms with Crippen LogP contribution >= 0.6 is 11.3 Å². The molecule has 0 saturated heterocycles. The van der Waals surface area contributed by atoms with Gasteiger partial charge in [0, 0.05) is 25.1 Å². The standard InChI is InChI=1S/C13H15NO2S/c1-16-13(10-5-3-2-4-6-10)11(15)9-12-14-7-8-17-12/h2-8,11,13,15H,9H2,1H3. The Morgan fingerprint density at radius 3 is 2.71 bits per heavy atom. The van der Waals surface area contributed by atoms with Gasteiger partial charge >= 0.3 is 0 Å². The molecule has 0 fully saturated rings. The van der Waals surface area contributed by atoms with Gasteiger partial charge in [-0.15, -0.1) is 11.3 Å². The van der Waals surface area contributed by atoms with E-state index in [0.717, 1.165) is 10.6 Å². The molecule has 0 bridgehead atoms. The van der Waals surface area contributed by atoms with E-state index in [1.165, 1.54) is 0 Å². The van der Waals surface area contributed by atoms with E-state index in [9.17, 15) is 5.11 Å². The average Bonchev–Trinajstić information content (AvgIpc) is 2.84. The molecule has 90 valence electrons. The molecule has 0 amide bonds. The van der Waals surface area contributed by atoms with Gasteiger partial charge in [-0.05, 0) is 5.56 Å². The number of rotatable bonds is 5. The number of benzene rings is 1. The SMILES string of the molecule is COC(c1ccccc1)C(O)Cc1nccs1. The summed E-state index contributed by atoms with van der Waals surface area (Å²) >= 11 is 1.55. The Morgan fingerprint density at radius 1 is 1.35 bits per heavy atom. The minimum atomic E-state index is -0.575. The molecule has 0 radical (unpaired) electrons. The molecular formula is C13H15NO2S. The number of aromatic nitrogens is 1. The lowest BCUT2D eigenvalue weighted by molar-refractivity contribution is -0.0128. The monoisotopic (exact) mass is 249 g/mol. The molecule has 2 atom stereocenters. The van der Waals surface area contributed by atoms with Gasteiger partial charge in [0.1, 0.15) is 6.10 Å². The van der Waals surface area contributed by atoms with Crippen LogP contribution in [0.4, 0.5) is 0 Å². The van der Waals surface area contributed by atoms with Crippen LogP contribution < -0.4 is 0 Å². The van der Waals surface area contributed by atoms with Gasteiger partial charge < -0.3 is 9.84 Å². The van der Waals surface area contributed by atoms with Crippen LogP contribution in [0.25, 0.3) is 0 Å². The predicted octanol–water partition coefficient (Wildman–Crippen LogP) is 2.43. The summed E-state index contributed by atoms with van der Waals surface area (Å²) < 4.78 is 5.37. The molecule has 1 heterocycles. The van der Waals surface area contributed by atoms with E-state index in [2.05, 4.69) is 4.98 Å². The Hall–Kier alpha value is -1.23. The minimum Gasteiger partial charge on any atom is -0.390 e. The van der Waals surface area contributed by atoms with Gasteiger partial charge in [-0.1, -0.05) is 30.3 Å². The average molecular weight is 249 g/mol. The summed E-state index contributed by atoms with van der Waals surface area (Å²) in [7, 11) is 1.61. The van der Waals surface area contributed by atoms with Crippen LogP contribution in [0, 0.1) is 0 Å². The summed E-state index contributed by atoms with van der Waals surface area (Å²) in [6.45, 7) is 0. The third-order valence-corrected chi connectivity index (χ3v) is 3.40. The van der Waals surface area contributed by atoms with Crippen LogP contribution in [0.1, 0.15) is 16.7 Å². The van der Waals surface area contributed by atoms with Gasteiger partial charge in [0.05, 0.1) is 11.1 Å². The number of hydrogen-bond acceptors (Lipinski definition) is 4. The normalized spacial score (nSPS) is 14.5. The van der Waals surface area contributed by atoms with Gasteiger partial charge in [0.25, 0.3) is 0 Å². The van der Waals surface area contributed by atoms with E-state index in [1.54, 1.807) is 24.6 Å². The highest BCUT2D eigenvalue weighted by Gasteiger charge is 2.21. The number of nitrogens with zero attached hydrogens (tertiary/aromatic N) is 1. The summed E-state index contributed by atoms with van der Waals surface area (Å²) in [6.07, 6.45) is 1.39. The molecule has 2 unspecified atom stereocenters. The molecule has 2 aromatic rings. The van der Waals surface area contributed by atoms with Crippen LogP contribution in [0.2, 0.25) is 0 Å². The van der Waals surface area contributed by atoms with E-state index < -0.39 is 6.10 Å². The maximum absolute atomic E-state index is 10.2. The lowest BCUT2D eigenvalue weighted by Gasteiger charge is -2.21. The first-order chi connectivity index (χ1) is 8.31. The second kappa shape index (κ2) is 5.91. The third kappa shape index (κ3) is 3.12. The number of methoxy groups -OCH3 is 1. The van der Waals surface area contributed by atoms with Crippen molar-refractivity contribution in [2.45, 2.75) is 18.6 Å². The fraction of sp³-hybridized carbons (Fsp3) is 0.308. The third-order valence-electron chi connectivity index (χ3n) is 2.60. The Balaban J connectivity index is 2.08. The van der Waals surface area contributed by atoms with Crippen molar-refractivity contribution < 1.29 is 9.84 Å². The Morgan fingerprint density at radius 2 is 2.12 bits per heavy atom. The molecule has 1 N–H and O–H groups in total. The summed E-state index contributed by atoms with van der Waals surface area (Å²) in [5, 5.41) is 13.0. The molecule has 2 rings (SSSR count). The number of aliphatic hydroxyl groups is 1. The molecule has 1 aromatic heterocycles. The fourth-order valence-corrected chi connectivity index (χ4v) is 2.47. The molecule has 3 nitrogen and oxygen atoms in total. The highest BCUT2D eigenvalue weighted by molar-refractivity contribution is 7.09. The zero-order chi connectivity index (χ0) is 12.1. The molecule has 1 aromatic carbocycles. The highest BCUT2D eigenvalue weighted by atomic mass is 32.1.